The quantitative estimate of drug-likeness (QED) is 0.678. The monoisotopic (exact) mass is 221 g/mol. The second kappa shape index (κ2) is 7.82. The molecule has 88 valence electrons. The Bertz CT molecular complexity index is 300. The van der Waals surface area contributed by atoms with Gasteiger partial charge in [0.2, 0.25) is 5.91 Å². The van der Waals surface area contributed by atoms with Crippen molar-refractivity contribution >= 4 is 5.91 Å². The van der Waals surface area contributed by atoms with Gasteiger partial charge in [-0.15, -0.1) is 0 Å². The summed E-state index contributed by atoms with van der Waals surface area (Å²) < 4.78 is 0. The second-order valence-corrected chi connectivity index (χ2v) is 3.63. The highest BCUT2D eigenvalue weighted by Gasteiger charge is 2.00. The summed E-state index contributed by atoms with van der Waals surface area (Å²) in [5, 5.41) is 6.06. The number of pyridine rings is 1. The normalized spacial score (nSPS) is 10.1. The summed E-state index contributed by atoms with van der Waals surface area (Å²) >= 11 is 0. The van der Waals surface area contributed by atoms with Gasteiger partial charge in [-0.05, 0) is 30.7 Å². The number of carbonyl (C=O) groups is 1. The van der Waals surface area contributed by atoms with Gasteiger partial charge in [-0.1, -0.05) is 6.92 Å². The van der Waals surface area contributed by atoms with E-state index in [4.69, 9.17) is 0 Å². The molecule has 0 atom stereocenters. The van der Waals surface area contributed by atoms with Crippen molar-refractivity contribution in [3.8, 4) is 0 Å². The van der Waals surface area contributed by atoms with Crippen molar-refractivity contribution in [1.29, 1.82) is 0 Å². The maximum absolute atomic E-state index is 11.4. The number of nitrogens with zero attached hydrogens (tertiary/aromatic N) is 1. The molecule has 0 aliphatic carbocycles. The van der Waals surface area contributed by atoms with E-state index in [1.165, 1.54) is 0 Å². The lowest BCUT2D eigenvalue weighted by molar-refractivity contribution is -0.121. The van der Waals surface area contributed by atoms with E-state index in [-0.39, 0.29) is 5.91 Å². The molecular weight excluding hydrogens is 202 g/mol. The first kappa shape index (κ1) is 12.6. The zero-order valence-corrected chi connectivity index (χ0v) is 9.70. The van der Waals surface area contributed by atoms with Crippen molar-refractivity contribution in [2.45, 2.75) is 26.3 Å². The topological polar surface area (TPSA) is 54.0 Å². The fourth-order valence-corrected chi connectivity index (χ4v) is 1.29. The van der Waals surface area contributed by atoms with Gasteiger partial charge in [0.15, 0.2) is 0 Å². The molecule has 4 nitrogen and oxygen atoms in total. The van der Waals surface area contributed by atoms with Gasteiger partial charge in [0, 0.05) is 31.9 Å². The molecule has 0 spiro atoms. The van der Waals surface area contributed by atoms with E-state index in [1.807, 2.05) is 12.1 Å². The summed E-state index contributed by atoms with van der Waals surface area (Å²) in [4.78, 5) is 15.3. The number of amides is 1. The summed E-state index contributed by atoms with van der Waals surface area (Å²) in [6.07, 6.45) is 5.08. The Kier molecular flexibility index (Phi) is 6.18. The van der Waals surface area contributed by atoms with Crippen LogP contribution in [-0.4, -0.2) is 24.0 Å². The lowest BCUT2D eigenvalue weighted by atomic mass is 10.2. The smallest absolute Gasteiger partial charge is 0.221 e. The van der Waals surface area contributed by atoms with Crippen molar-refractivity contribution in [1.82, 2.24) is 15.6 Å². The van der Waals surface area contributed by atoms with Crippen LogP contribution in [0.1, 0.15) is 25.3 Å². The predicted octanol–water partition coefficient (Wildman–Crippen LogP) is 1.09. The number of aromatic nitrogens is 1. The Labute approximate surface area is 96.5 Å². The van der Waals surface area contributed by atoms with E-state index >= 15 is 0 Å². The summed E-state index contributed by atoms with van der Waals surface area (Å²) in [5.74, 6) is 0.0837. The Morgan fingerprint density at radius 1 is 1.31 bits per heavy atom. The molecule has 0 aliphatic rings. The van der Waals surface area contributed by atoms with Crippen LogP contribution in [0, 0.1) is 0 Å². The average Bonchev–Trinajstić information content (AvgIpc) is 2.33. The summed E-state index contributed by atoms with van der Waals surface area (Å²) in [5.41, 5.74) is 1.07. The van der Waals surface area contributed by atoms with E-state index < -0.39 is 0 Å². The van der Waals surface area contributed by atoms with E-state index in [0.29, 0.717) is 13.0 Å². The van der Waals surface area contributed by atoms with Crippen molar-refractivity contribution in [3.63, 3.8) is 0 Å². The molecule has 1 aromatic heterocycles. The molecule has 0 aromatic carbocycles. The molecule has 1 heterocycles. The number of rotatable bonds is 7. The maximum Gasteiger partial charge on any atom is 0.221 e. The third-order valence-electron chi connectivity index (χ3n) is 2.19. The molecule has 0 fully saturated rings. The highest BCUT2D eigenvalue weighted by Crippen LogP contribution is 1.94. The number of nitrogens with one attached hydrogen (secondary N) is 2. The molecule has 1 rings (SSSR count). The van der Waals surface area contributed by atoms with Gasteiger partial charge in [-0.25, -0.2) is 0 Å². The van der Waals surface area contributed by atoms with Crippen molar-refractivity contribution in [2.75, 3.05) is 13.1 Å². The Hall–Kier alpha value is -1.42. The SMILES string of the molecule is CCCNCCC(=O)NCc1ccncc1. The van der Waals surface area contributed by atoms with E-state index in [9.17, 15) is 4.79 Å². The Balaban J connectivity index is 2.11. The average molecular weight is 221 g/mol. The largest absolute Gasteiger partial charge is 0.352 e. The lowest BCUT2D eigenvalue weighted by Gasteiger charge is -2.05. The molecule has 4 heteroatoms. The first-order chi connectivity index (χ1) is 7.83. The minimum atomic E-state index is 0.0837. The van der Waals surface area contributed by atoms with Gasteiger partial charge in [-0.3, -0.25) is 9.78 Å². The Morgan fingerprint density at radius 2 is 2.06 bits per heavy atom. The van der Waals surface area contributed by atoms with Gasteiger partial charge < -0.3 is 10.6 Å². The van der Waals surface area contributed by atoms with Gasteiger partial charge in [0.05, 0.1) is 0 Å². The molecule has 0 saturated carbocycles. The third kappa shape index (κ3) is 5.46. The first-order valence-corrected chi connectivity index (χ1v) is 5.69. The standard InChI is InChI=1S/C12H19N3O/c1-2-6-13-9-5-12(16)15-10-11-3-7-14-8-4-11/h3-4,7-8,13H,2,5-6,9-10H2,1H3,(H,15,16). The van der Waals surface area contributed by atoms with Crippen LogP contribution >= 0.6 is 0 Å². The molecule has 1 amide bonds. The minimum Gasteiger partial charge on any atom is -0.352 e. The predicted molar refractivity (Wildman–Crippen MR) is 63.9 cm³/mol. The van der Waals surface area contributed by atoms with Gasteiger partial charge >= 0.3 is 0 Å². The van der Waals surface area contributed by atoms with Crippen LogP contribution in [0.3, 0.4) is 0 Å². The van der Waals surface area contributed by atoms with Gasteiger partial charge in [0.1, 0.15) is 0 Å². The fourth-order valence-electron chi connectivity index (χ4n) is 1.29. The van der Waals surface area contributed by atoms with E-state index in [2.05, 4.69) is 22.5 Å². The van der Waals surface area contributed by atoms with Crippen LogP contribution in [0.15, 0.2) is 24.5 Å². The maximum atomic E-state index is 11.4. The summed E-state index contributed by atoms with van der Waals surface area (Å²) in [6.45, 7) is 4.40. The van der Waals surface area contributed by atoms with Gasteiger partial charge in [0.25, 0.3) is 0 Å². The lowest BCUT2D eigenvalue weighted by Crippen LogP contribution is -2.27. The molecule has 1 aromatic rings. The summed E-state index contributed by atoms with van der Waals surface area (Å²) in [7, 11) is 0. The molecule has 16 heavy (non-hydrogen) atoms. The molecule has 0 aliphatic heterocycles. The van der Waals surface area contributed by atoms with Crippen LogP contribution in [0.25, 0.3) is 0 Å². The highest BCUT2D eigenvalue weighted by atomic mass is 16.1. The Morgan fingerprint density at radius 3 is 2.75 bits per heavy atom. The molecule has 2 N–H and O–H groups in total. The molecule has 0 saturated heterocycles. The van der Waals surface area contributed by atoms with Crippen LogP contribution in [0.5, 0.6) is 0 Å². The van der Waals surface area contributed by atoms with Crippen molar-refractivity contribution < 1.29 is 4.79 Å². The van der Waals surface area contributed by atoms with E-state index in [1.54, 1.807) is 12.4 Å². The zero-order valence-electron chi connectivity index (χ0n) is 9.70. The molecular formula is C12H19N3O. The van der Waals surface area contributed by atoms with E-state index in [0.717, 1.165) is 25.1 Å². The van der Waals surface area contributed by atoms with Crippen molar-refractivity contribution in [2.24, 2.45) is 0 Å². The fraction of sp³-hybridized carbons (Fsp3) is 0.500. The van der Waals surface area contributed by atoms with Crippen LogP contribution in [0.4, 0.5) is 0 Å². The molecule has 0 radical (unpaired) electrons. The number of hydrogen-bond acceptors (Lipinski definition) is 3. The molecule has 0 bridgehead atoms. The van der Waals surface area contributed by atoms with Gasteiger partial charge in [-0.2, -0.15) is 0 Å². The zero-order chi connectivity index (χ0) is 11.6. The van der Waals surface area contributed by atoms with Crippen LogP contribution < -0.4 is 10.6 Å². The van der Waals surface area contributed by atoms with Crippen molar-refractivity contribution in [3.05, 3.63) is 30.1 Å². The highest BCUT2D eigenvalue weighted by molar-refractivity contribution is 5.76. The summed E-state index contributed by atoms with van der Waals surface area (Å²) in [6, 6.07) is 3.80. The third-order valence-corrected chi connectivity index (χ3v) is 2.19. The van der Waals surface area contributed by atoms with Crippen LogP contribution in [0.2, 0.25) is 0 Å². The van der Waals surface area contributed by atoms with Crippen LogP contribution in [-0.2, 0) is 11.3 Å². The molecule has 0 unspecified atom stereocenters. The number of hydrogen-bond donors (Lipinski definition) is 2. The number of carbonyl (C=O) groups excluding carboxylic acids is 1. The second-order valence-electron chi connectivity index (χ2n) is 3.63. The minimum absolute atomic E-state index is 0.0837. The first-order valence-electron chi connectivity index (χ1n) is 5.69.